The molecule has 1 spiro atoms. The van der Waals surface area contributed by atoms with E-state index < -0.39 is 10.8 Å². The molecule has 3 aromatic rings. The molecule has 0 saturated carbocycles. The van der Waals surface area contributed by atoms with Crippen molar-refractivity contribution in [2.24, 2.45) is 0 Å². The Morgan fingerprint density at radius 2 is 1.89 bits per heavy atom. The van der Waals surface area contributed by atoms with Gasteiger partial charge in [-0.25, -0.2) is 4.68 Å². The Labute approximate surface area is 165 Å². The highest BCUT2D eigenvalue weighted by Gasteiger charge is 2.59. The van der Waals surface area contributed by atoms with Crippen molar-refractivity contribution in [3.63, 3.8) is 0 Å². The number of carbonyl (C=O) groups excluding carboxylic acids is 2. The minimum atomic E-state index is -1.24. The van der Waals surface area contributed by atoms with E-state index in [0.29, 0.717) is 28.7 Å². The molecule has 0 fully saturated rings. The van der Waals surface area contributed by atoms with Crippen LogP contribution in [0.3, 0.4) is 0 Å². The van der Waals surface area contributed by atoms with E-state index in [4.69, 9.17) is 0 Å². The number of fused-ring (bicyclic) bond motifs is 3. The van der Waals surface area contributed by atoms with E-state index in [1.807, 2.05) is 49.4 Å². The Bertz CT molecular complexity index is 1100. The van der Waals surface area contributed by atoms with Crippen molar-refractivity contribution < 1.29 is 9.59 Å². The van der Waals surface area contributed by atoms with Crippen molar-refractivity contribution in [2.75, 3.05) is 10.7 Å². The molecule has 2 aliphatic rings. The van der Waals surface area contributed by atoms with Gasteiger partial charge >= 0.3 is 0 Å². The molecule has 2 N–H and O–H groups in total. The number of benzene rings is 2. The number of hydrogen-bond acceptors (Lipinski definition) is 6. The Hall–Kier alpha value is -3.13. The molecule has 0 saturated heterocycles. The van der Waals surface area contributed by atoms with E-state index in [1.165, 1.54) is 11.8 Å². The Morgan fingerprint density at radius 1 is 1.14 bits per heavy atom. The highest BCUT2D eigenvalue weighted by Crippen LogP contribution is 2.48. The van der Waals surface area contributed by atoms with Crippen LogP contribution in [0.15, 0.2) is 59.8 Å². The van der Waals surface area contributed by atoms with Crippen LogP contribution in [0.5, 0.6) is 0 Å². The molecule has 2 aliphatic heterocycles. The summed E-state index contributed by atoms with van der Waals surface area (Å²) < 4.78 is 1.74. The third-order valence-electron chi connectivity index (χ3n) is 5.18. The van der Waals surface area contributed by atoms with Gasteiger partial charge in [-0.05, 0) is 6.07 Å². The van der Waals surface area contributed by atoms with Crippen LogP contribution < -0.4 is 10.7 Å². The van der Waals surface area contributed by atoms with Gasteiger partial charge in [-0.1, -0.05) is 67.2 Å². The number of carbonyl (C=O) groups is 2. The van der Waals surface area contributed by atoms with Crippen LogP contribution in [-0.4, -0.2) is 31.8 Å². The maximum Gasteiger partial charge on any atom is 0.257 e. The number of amides is 1. The van der Waals surface area contributed by atoms with Gasteiger partial charge in [0.2, 0.25) is 5.16 Å². The summed E-state index contributed by atoms with van der Waals surface area (Å²) in [7, 11) is 0. The number of thioether (sulfide) groups is 1. The minimum Gasteiger partial charge on any atom is -0.323 e. The smallest absolute Gasteiger partial charge is 0.257 e. The highest BCUT2D eigenvalue weighted by molar-refractivity contribution is 8.00. The van der Waals surface area contributed by atoms with Crippen LogP contribution in [0.1, 0.15) is 28.7 Å². The van der Waals surface area contributed by atoms with Crippen molar-refractivity contribution >= 4 is 29.1 Å². The zero-order valence-corrected chi connectivity index (χ0v) is 15.9. The maximum absolute atomic E-state index is 13.5. The van der Waals surface area contributed by atoms with Gasteiger partial charge in [-0.15, -0.1) is 10.2 Å². The Balaban J connectivity index is 1.72. The summed E-state index contributed by atoms with van der Waals surface area (Å²) in [6.07, 6.45) is 0.650. The molecule has 5 rings (SSSR count). The summed E-state index contributed by atoms with van der Waals surface area (Å²) in [6.45, 7) is 1.97. The zero-order chi connectivity index (χ0) is 19.3. The van der Waals surface area contributed by atoms with Gasteiger partial charge < -0.3 is 10.7 Å². The molecule has 2 atom stereocenters. The first-order valence-electron chi connectivity index (χ1n) is 9.04. The Morgan fingerprint density at radius 3 is 2.68 bits per heavy atom. The first-order chi connectivity index (χ1) is 13.6. The van der Waals surface area contributed by atoms with Crippen LogP contribution in [0.4, 0.5) is 5.69 Å². The average molecular weight is 391 g/mol. The summed E-state index contributed by atoms with van der Waals surface area (Å²) in [4.78, 5) is 26.8. The summed E-state index contributed by atoms with van der Waals surface area (Å²) in [5, 5.41) is 11.2. The second kappa shape index (κ2) is 6.20. The molecule has 28 heavy (non-hydrogen) atoms. The summed E-state index contributed by atoms with van der Waals surface area (Å²) >= 11 is 1.28. The van der Waals surface area contributed by atoms with Crippen molar-refractivity contribution in [1.82, 2.24) is 14.9 Å². The molecule has 0 radical (unpaired) electrons. The molecule has 1 aromatic heterocycles. The van der Waals surface area contributed by atoms with Crippen LogP contribution >= 0.6 is 11.8 Å². The normalized spacial score (nSPS) is 22.3. The van der Waals surface area contributed by atoms with E-state index in [-0.39, 0.29) is 11.7 Å². The number of anilines is 1. The van der Waals surface area contributed by atoms with Gasteiger partial charge in [0, 0.05) is 23.2 Å². The summed E-state index contributed by atoms with van der Waals surface area (Å²) in [5.74, 6) is 0.332. The van der Waals surface area contributed by atoms with Gasteiger partial charge in [-0.3, -0.25) is 9.59 Å². The predicted molar refractivity (Wildman–Crippen MR) is 106 cm³/mol. The fourth-order valence-corrected chi connectivity index (χ4v) is 5.06. The Kier molecular flexibility index (Phi) is 3.77. The first-order valence-corrected chi connectivity index (χ1v) is 9.92. The van der Waals surface area contributed by atoms with Gasteiger partial charge in [0.25, 0.3) is 5.91 Å². The molecular formula is C20H17N5O2S. The number of nitrogens with one attached hydrogen (secondary N) is 2. The largest absolute Gasteiger partial charge is 0.323 e. The average Bonchev–Trinajstić information content (AvgIpc) is 3.26. The van der Waals surface area contributed by atoms with E-state index in [9.17, 15) is 9.59 Å². The van der Waals surface area contributed by atoms with Gasteiger partial charge in [-0.2, -0.15) is 0 Å². The number of nitrogens with zero attached hydrogens (tertiary/aromatic N) is 3. The predicted octanol–water partition coefficient (Wildman–Crippen LogP) is 2.59. The van der Waals surface area contributed by atoms with Crippen LogP contribution in [0, 0.1) is 0 Å². The topological polar surface area (TPSA) is 88.9 Å². The molecule has 2 unspecified atom stereocenters. The number of hydrogen-bond donors (Lipinski definition) is 2. The molecule has 1 amide bonds. The summed E-state index contributed by atoms with van der Waals surface area (Å²) in [6, 6.07) is 16.5. The molecule has 7 nitrogen and oxygen atoms in total. The van der Waals surface area contributed by atoms with Gasteiger partial charge in [0.05, 0.1) is 0 Å². The zero-order valence-electron chi connectivity index (χ0n) is 15.0. The lowest BCUT2D eigenvalue weighted by Gasteiger charge is -2.40. The number of para-hydroxylation sites is 1. The highest BCUT2D eigenvalue weighted by atomic mass is 32.2. The quantitative estimate of drug-likeness (QED) is 0.667. The second-order valence-electron chi connectivity index (χ2n) is 6.74. The molecule has 2 aromatic carbocycles. The van der Waals surface area contributed by atoms with E-state index in [2.05, 4.69) is 20.9 Å². The molecule has 0 aliphatic carbocycles. The first kappa shape index (κ1) is 17.0. The van der Waals surface area contributed by atoms with E-state index in [1.54, 1.807) is 16.8 Å². The van der Waals surface area contributed by atoms with Crippen LogP contribution in [0.25, 0.3) is 0 Å². The number of Topliss-reactive ketones (excluding diaryl/α,β-unsaturated/α-hetero) is 1. The molecule has 8 heteroatoms. The maximum atomic E-state index is 13.5. The van der Waals surface area contributed by atoms with Crippen molar-refractivity contribution in [3.8, 4) is 0 Å². The standard InChI is InChI=1S/C20H17N5O2S/c1-2-15-22-23-19-25(15)24-20(13-10-6-7-11-14(13)21-18(20)27)17(28-19)16(26)12-8-4-3-5-9-12/h3-11,17,24H,2H2,1H3,(H,21,27). The van der Waals surface area contributed by atoms with Crippen molar-refractivity contribution in [2.45, 2.75) is 29.3 Å². The SMILES string of the molecule is CCc1nnc2n1NC1(C(=O)Nc3ccccc31)C(C(=O)c1ccccc1)S2. The van der Waals surface area contributed by atoms with E-state index >= 15 is 0 Å². The van der Waals surface area contributed by atoms with Gasteiger partial charge in [0.1, 0.15) is 5.25 Å². The number of ketones is 1. The van der Waals surface area contributed by atoms with Crippen molar-refractivity contribution in [1.29, 1.82) is 0 Å². The third kappa shape index (κ3) is 2.24. The lowest BCUT2D eigenvalue weighted by Crippen LogP contribution is -2.58. The monoisotopic (exact) mass is 391 g/mol. The molecule has 0 bridgehead atoms. The van der Waals surface area contributed by atoms with Gasteiger partial charge in [0.15, 0.2) is 17.1 Å². The molecule has 3 heterocycles. The lowest BCUT2D eigenvalue weighted by molar-refractivity contribution is -0.120. The fraction of sp³-hybridized carbons (Fsp3) is 0.200. The van der Waals surface area contributed by atoms with Crippen molar-refractivity contribution in [3.05, 3.63) is 71.5 Å². The molecule has 140 valence electrons. The fourth-order valence-electron chi connectivity index (χ4n) is 3.80. The van der Waals surface area contributed by atoms with Crippen LogP contribution in [-0.2, 0) is 16.8 Å². The second-order valence-corrected chi connectivity index (χ2v) is 7.81. The number of aryl methyl sites for hydroxylation is 1. The lowest BCUT2D eigenvalue weighted by atomic mass is 9.84. The van der Waals surface area contributed by atoms with Crippen LogP contribution in [0.2, 0.25) is 0 Å². The number of rotatable bonds is 3. The molecular weight excluding hydrogens is 374 g/mol. The number of aromatic nitrogens is 3. The minimum absolute atomic E-state index is 0.128. The third-order valence-corrected chi connectivity index (χ3v) is 6.45. The van der Waals surface area contributed by atoms with E-state index in [0.717, 1.165) is 5.56 Å². The summed E-state index contributed by atoms with van der Waals surface area (Å²) in [5.41, 5.74) is 4.09.